The molecule has 0 unspecified atom stereocenters. The summed E-state index contributed by atoms with van der Waals surface area (Å²) in [4.78, 5) is 8.38. The number of rotatable bonds is 7. The van der Waals surface area contributed by atoms with Crippen LogP contribution in [0, 0.1) is 5.41 Å². The minimum Gasteiger partial charge on any atom is -0.475 e. The fraction of sp³-hybridized carbons (Fsp3) is 0.733. The van der Waals surface area contributed by atoms with Gasteiger partial charge in [0.2, 0.25) is 5.88 Å². The van der Waals surface area contributed by atoms with Gasteiger partial charge in [-0.25, -0.2) is 9.97 Å². The minimum absolute atomic E-state index is 0.108. The van der Waals surface area contributed by atoms with Gasteiger partial charge in [0, 0.05) is 25.1 Å². The number of nitrogens with zero attached hydrogens (tertiary/aromatic N) is 2. The molecule has 0 aromatic carbocycles. The molecule has 2 rings (SSSR count). The first-order chi connectivity index (χ1) is 10.1. The Hall–Kier alpha value is -1.40. The summed E-state index contributed by atoms with van der Waals surface area (Å²) < 4.78 is 11.0. The van der Waals surface area contributed by atoms with Gasteiger partial charge in [0.1, 0.15) is 12.1 Å². The molecule has 1 aliphatic heterocycles. The lowest BCUT2D eigenvalue weighted by Crippen LogP contribution is -2.44. The number of aromatic nitrogens is 2. The van der Waals surface area contributed by atoms with Crippen molar-refractivity contribution in [2.45, 2.75) is 32.8 Å². The molecule has 6 heteroatoms. The average Bonchev–Trinajstić information content (AvgIpc) is 2.46. The largest absolute Gasteiger partial charge is 0.475 e. The van der Waals surface area contributed by atoms with Crippen LogP contribution < -0.4 is 15.4 Å². The number of nitrogens with one attached hydrogen (secondary N) is 2. The molecule has 1 fully saturated rings. The highest BCUT2D eigenvalue weighted by Crippen LogP contribution is 2.29. The van der Waals surface area contributed by atoms with Gasteiger partial charge >= 0.3 is 0 Å². The van der Waals surface area contributed by atoms with E-state index in [0.29, 0.717) is 5.88 Å². The molecular formula is C15H26N4O2. The minimum atomic E-state index is 0.108. The first kappa shape index (κ1) is 16.0. The van der Waals surface area contributed by atoms with Crippen molar-refractivity contribution in [2.75, 3.05) is 38.7 Å². The van der Waals surface area contributed by atoms with E-state index in [9.17, 15) is 0 Å². The van der Waals surface area contributed by atoms with Crippen molar-refractivity contribution in [3.63, 3.8) is 0 Å². The fourth-order valence-corrected chi connectivity index (χ4v) is 2.66. The zero-order chi connectivity index (χ0) is 15.1. The van der Waals surface area contributed by atoms with Crippen LogP contribution >= 0.6 is 0 Å². The van der Waals surface area contributed by atoms with Gasteiger partial charge < -0.3 is 20.1 Å². The smallest absolute Gasteiger partial charge is 0.218 e. The van der Waals surface area contributed by atoms with Gasteiger partial charge in [0.05, 0.1) is 12.7 Å². The summed E-state index contributed by atoms with van der Waals surface area (Å²) >= 11 is 0. The first-order valence-electron chi connectivity index (χ1n) is 7.56. The second-order valence-corrected chi connectivity index (χ2v) is 5.94. The molecule has 0 amide bonds. The maximum Gasteiger partial charge on any atom is 0.218 e. The Morgan fingerprint density at radius 3 is 2.76 bits per heavy atom. The summed E-state index contributed by atoms with van der Waals surface area (Å²) in [7, 11) is 1.77. The lowest BCUT2D eigenvalue weighted by atomic mass is 9.79. The summed E-state index contributed by atoms with van der Waals surface area (Å²) in [6.45, 7) is 7.66. The predicted molar refractivity (Wildman–Crippen MR) is 82.7 cm³/mol. The molecule has 0 spiro atoms. The van der Waals surface area contributed by atoms with Crippen LogP contribution in [0.3, 0.4) is 0 Å². The molecule has 2 heterocycles. The Kier molecular flexibility index (Phi) is 5.76. The van der Waals surface area contributed by atoms with E-state index in [-0.39, 0.29) is 11.5 Å². The van der Waals surface area contributed by atoms with Crippen LogP contribution in [-0.2, 0) is 4.74 Å². The number of anilines is 1. The molecule has 0 saturated carbocycles. The van der Waals surface area contributed by atoms with Crippen LogP contribution in [0.25, 0.3) is 0 Å². The van der Waals surface area contributed by atoms with Crippen LogP contribution in [0.1, 0.15) is 26.7 Å². The molecular weight excluding hydrogens is 268 g/mol. The molecule has 6 nitrogen and oxygen atoms in total. The molecule has 0 bridgehead atoms. The van der Waals surface area contributed by atoms with E-state index in [1.165, 1.54) is 6.33 Å². The van der Waals surface area contributed by atoms with E-state index in [2.05, 4.69) is 20.6 Å². The van der Waals surface area contributed by atoms with Crippen molar-refractivity contribution in [1.82, 2.24) is 15.3 Å². The molecule has 0 radical (unpaired) electrons. The average molecular weight is 294 g/mol. The molecule has 0 aliphatic carbocycles. The van der Waals surface area contributed by atoms with Crippen LogP contribution in [0.15, 0.2) is 12.4 Å². The Morgan fingerprint density at radius 2 is 2.10 bits per heavy atom. The standard InChI is InChI=1S/C15H26N4O2/c1-12(2)21-14-8-13(18-11-19-14)17-9-15(10-20-3)4-6-16-7-5-15/h8,11-12,16H,4-7,9-10H2,1-3H3,(H,17,18,19). The molecule has 21 heavy (non-hydrogen) atoms. The topological polar surface area (TPSA) is 68.3 Å². The number of methoxy groups -OCH3 is 1. The van der Waals surface area contributed by atoms with Crippen molar-refractivity contribution in [1.29, 1.82) is 0 Å². The quantitative estimate of drug-likeness (QED) is 0.797. The highest BCUT2D eigenvalue weighted by Gasteiger charge is 2.32. The van der Waals surface area contributed by atoms with E-state index in [4.69, 9.17) is 9.47 Å². The third-order valence-electron chi connectivity index (χ3n) is 3.76. The van der Waals surface area contributed by atoms with Crippen LogP contribution in [0.4, 0.5) is 5.82 Å². The van der Waals surface area contributed by atoms with Crippen LogP contribution in [0.2, 0.25) is 0 Å². The second kappa shape index (κ2) is 7.56. The molecule has 1 aliphatic rings. The monoisotopic (exact) mass is 294 g/mol. The van der Waals surface area contributed by atoms with Gasteiger partial charge in [-0.15, -0.1) is 0 Å². The first-order valence-corrected chi connectivity index (χ1v) is 7.56. The lowest BCUT2D eigenvalue weighted by molar-refractivity contribution is 0.0635. The Bertz CT molecular complexity index is 428. The van der Waals surface area contributed by atoms with E-state index in [0.717, 1.165) is 44.9 Å². The zero-order valence-electron chi connectivity index (χ0n) is 13.2. The maximum absolute atomic E-state index is 5.59. The van der Waals surface area contributed by atoms with E-state index in [1.54, 1.807) is 7.11 Å². The Morgan fingerprint density at radius 1 is 1.33 bits per heavy atom. The molecule has 1 aromatic rings. The third-order valence-corrected chi connectivity index (χ3v) is 3.76. The normalized spacial score (nSPS) is 17.7. The van der Waals surface area contributed by atoms with Crippen molar-refractivity contribution >= 4 is 5.82 Å². The number of hydrogen-bond acceptors (Lipinski definition) is 6. The van der Waals surface area contributed by atoms with Crippen molar-refractivity contribution < 1.29 is 9.47 Å². The fourth-order valence-electron chi connectivity index (χ4n) is 2.66. The Labute approximate surface area is 126 Å². The number of hydrogen-bond donors (Lipinski definition) is 2. The van der Waals surface area contributed by atoms with Gasteiger partial charge in [-0.05, 0) is 39.8 Å². The Balaban J connectivity index is 1.97. The summed E-state index contributed by atoms with van der Waals surface area (Å²) in [5.74, 6) is 1.41. The lowest BCUT2D eigenvalue weighted by Gasteiger charge is -2.37. The molecule has 118 valence electrons. The van der Waals surface area contributed by atoms with Gasteiger partial charge in [0.25, 0.3) is 0 Å². The highest BCUT2D eigenvalue weighted by atomic mass is 16.5. The van der Waals surface area contributed by atoms with Crippen LogP contribution in [-0.4, -0.2) is 49.4 Å². The molecule has 0 atom stereocenters. The number of piperidine rings is 1. The van der Waals surface area contributed by atoms with Crippen molar-refractivity contribution in [3.05, 3.63) is 12.4 Å². The molecule has 1 aromatic heterocycles. The summed E-state index contributed by atoms with van der Waals surface area (Å²) in [5, 5.41) is 6.81. The van der Waals surface area contributed by atoms with Gasteiger partial charge in [0.15, 0.2) is 0 Å². The molecule has 2 N–H and O–H groups in total. The van der Waals surface area contributed by atoms with E-state index in [1.807, 2.05) is 19.9 Å². The van der Waals surface area contributed by atoms with Gasteiger partial charge in [-0.1, -0.05) is 0 Å². The van der Waals surface area contributed by atoms with E-state index >= 15 is 0 Å². The van der Waals surface area contributed by atoms with E-state index < -0.39 is 0 Å². The number of ether oxygens (including phenoxy) is 2. The summed E-state index contributed by atoms with van der Waals surface area (Å²) in [5.41, 5.74) is 0.171. The van der Waals surface area contributed by atoms with Crippen molar-refractivity contribution in [3.8, 4) is 5.88 Å². The van der Waals surface area contributed by atoms with Crippen LogP contribution in [0.5, 0.6) is 5.88 Å². The molecule has 1 saturated heterocycles. The van der Waals surface area contributed by atoms with Gasteiger partial charge in [-0.3, -0.25) is 0 Å². The second-order valence-electron chi connectivity index (χ2n) is 5.94. The summed E-state index contributed by atoms with van der Waals surface area (Å²) in [6.07, 6.45) is 3.85. The highest BCUT2D eigenvalue weighted by molar-refractivity contribution is 5.37. The zero-order valence-corrected chi connectivity index (χ0v) is 13.2. The third kappa shape index (κ3) is 4.82. The maximum atomic E-state index is 5.59. The predicted octanol–water partition coefficient (Wildman–Crippen LogP) is 1.69. The van der Waals surface area contributed by atoms with Crippen molar-refractivity contribution in [2.24, 2.45) is 5.41 Å². The van der Waals surface area contributed by atoms with Gasteiger partial charge in [-0.2, -0.15) is 0 Å². The summed E-state index contributed by atoms with van der Waals surface area (Å²) in [6, 6.07) is 1.85. The SMILES string of the molecule is COCC1(CNc2cc(OC(C)C)ncn2)CCNCC1.